The molecule has 1 spiro atoms. The van der Waals surface area contributed by atoms with Crippen molar-refractivity contribution in [1.29, 1.82) is 0 Å². The Hall–Kier alpha value is -4.47. The summed E-state index contributed by atoms with van der Waals surface area (Å²) in [5.74, 6) is -2.08. The number of nitrogens with one attached hydrogen (secondary N) is 1. The number of piperidine rings is 1. The van der Waals surface area contributed by atoms with Crippen molar-refractivity contribution in [3.63, 3.8) is 0 Å². The third kappa shape index (κ3) is 5.20. The first-order valence-electron chi connectivity index (χ1n) is 21.4. The number of esters is 3. The number of methoxy groups -OCH3 is 3. The van der Waals surface area contributed by atoms with Crippen molar-refractivity contribution in [3.8, 4) is 5.75 Å². The van der Waals surface area contributed by atoms with E-state index >= 15 is 4.79 Å². The Labute approximate surface area is 350 Å². The smallest absolute Gasteiger partial charge is 0.344 e. The zero-order valence-electron chi connectivity index (χ0n) is 35.7. The maximum atomic E-state index is 15.3. The van der Waals surface area contributed by atoms with Gasteiger partial charge in [0.1, 0.15) is 23.3 Å². The lowest BCUT2D eigenvalue weighted by molar-refractivity contribution is -0.896. The number of anilines is 1. The molecule has 322 valence electrons. The Bertz CT molecular complexity index is 2310. The van der Waals surface area contributed by atoms with E-state index in [1.165, 1.54) is 21.1 Å². The monoisotopic (exact) mass is 826 g/mol. The van der Waals surface area contributed by atoms with Crippen LogP contribution in [0.3, 0.4) is 0 Å². The van der Waals surface area contributed by atoms with Gasteiger partial charge in [0.25, 0.3) is 0 Å². The van der Waals surface area contributed by atoms with Gasteiger partial charge >= 0.3 is 17.9 Å². The number of carbonyl (C=O) groups is 3. The lowest BCUT2D eigenvalue weighted by atomic mass is 9.47. The number of aromatic amines is 1. The molecule has 1 saturated carbocycles. The number of aliphatic hydroxyl groups is 2. The molecular formula is C46H58N4O10. The number of para-hydroxylation sites is 1. The summed E-state index contributed by atoms with van der Waals surface area (Å²) in [4.78, 5) is 50.7. The minimum absolute atomic E-state index is 0.0737. The summed E-state index contributed by atoms with van der Waals surface area (Å²) in [6.45, 7) is 6.94. The first-order valence-corrected chi connectivity index (χ1v) is 21.4. The second kappa shape index (κ2) is 13.8. The Morgan fingerprint density at radius 2 is 1.75 bits per heavy atom. The average molecular weight is 827 g/mol. The Morgan fingerprint density at radius 3 is 2.43 bits per heavy atom. The minimum Gasteiger partial charge on any atom is -0.633 e. The van der Waals surface area contributed by atoms with Gasteiger partial charge in [-0.05, 0) is 61.9 Å². The molecule has 3 N–H and O–H groups in total. The summed E-state index contributed by atoms with van der Waals surface area (Å²) in [6.07, 6.45) is 4.94. The molecule has 60 heavy (non-hydrogen) atoms. The van der Waals surface area contributed by atoms with Crippen LogP contribution in [0.2, 0.25) is 0 Å². The van der Waals surface area contributed by atoms with Crippen molar-refractivity contribution in [2.45, 2.75) is 99.5 Å². The number of hydrogen-bond acceptors (Lipinski definition) is 12. The molecule has 3 fully saturated rings. The summed E-state index contributed by atoms with van der Waals surface area (Å²) in [5, 5.41) is 41.0. The van der Waals surface area contributed by atoms with Gasteiger partial charge in [0.05, 0.1) is 40.5 Å². The summed E-state index contributed by atoms with van der Waals surface area (Å²) < 4.78 is 23.2. The van der Waals surface area contributed by atoms with E-state index < -0.39 is 68.1 Å². The highest BCUT2D eigenvalue weighted by Gasteiger charge is 2.80. The number of hydroxylamine groups is 3. The number of rotatable bonds is 7. The maximum absolute atomic E-state index is 15.3. The molecule has 6 aliphatic rings. The van der Waals surface area contributed by atoms with Gasteiger partial charge in [-0.15, -0.1) is 0 Å². The van der Waals surface area contributed by atoms with Crippen LogP contribution in [0.4, 0.5) is 5.69 Å². The van der Waals surface area contributed by atoms with Gasteiger partial charge in [0, 0.05) is 83.6 Å². The maximum Gasteiger partial charge on any atom is 0.344 e. The Kier molecular flexibility index (Phi) is 9.39. The summed E-state index contributed by atoms with van der Waals surface area (Å²) in [7, 11) is 6.01. The lowest BCUT2D eigenvalue weighted by Gasteiger charge is -2.63. The zero-order chi connectivity index (χ0) is 42.8. The van der Waals surface area contributed by atoms with E-state index in [9.17, 15) is 25.0 Å². The Morgan fingerprint density at radius 1 is 1.00 bits per heavy atom. The fraction of sp³-hybridized carbons (Fsp3) is 0.587. The first kappa shape index (κ1) is 40.9. The molecule has 14 heteroatoms. The fourth-order valence-corrected chi connectivity index (χ4v) is 13.8. The number of H-pyrrole nitrogens is 1. The van der Waals surface area contributed by atoms with Crippen molar-refractivity contribution in [2.75, 3.05) is 66.0 Å². The molecule has 2 saturated heterocycles. The predicted octanol–water partition coefficient (Wildman–Crippen LogP) is 4.00. The third-order valence-electron chi connectivity index (χ3n) is 15.8. The van der Waals surface area contributed by atoms with Gasteiger partial charge in [0.2, 0.25) is 5.60 Å². The molecule has 0 amide bonds. The van der Waals surface area contributed by atoms with Gasteiger partial charge in [-0.1, -0.05) is 44.2 Å². The third-order valence-corrected chi connectivity index (χ3v) is 15.8. The number of likely N-dealkylation sites (N-methyl/N-ethyl adjacent to an activating group) is 1. The minimum atomic E-state index is -2.34. The average Bonchev–Trinajstić information content (AvgIpc) is 3.89. The molecule has 6 heterocycles. The van der Waals surface area contributed by atoms with E-state index in [1.54, 1.807) is 7.11 Å². The number of benzene rings is 2. The van der Waals surface area contributed by atoms with E-state index in [2.05, 4.69) is 9.88 Å². The number of ether oxygens (including phenoxy) is 4. The molecule has 2 bridgehead atoms. The highest BCUT2D eigenvalue weighted by molar-refractivity contribution is 5.95. The SMILES string of the molecule is CC[C@]1(O)C[C@@H]2C[C@](C(=O)OC)(c3cc4c(cc3OC)N(C)[C@H]3[C@@](O)(C(=O)OC)[C@H](OC(C)=O)[C@]5(CC)C=CCN6CC[C@]43[C@@H]65)c3[nH]c4ccccc4c3CC[N@+]([O-])(C2)C1. The predicted molar refractivity (Wildman–Crippen MR) is 222 cm³/mol. The molecule has 9 rings (SSSR count). The molecule has 1 aliphatic carbocycles. The van der Waals surface area contributed by atoms with Crippen molar-refractivity contribution in [3.05, 3.63) is 76.1 Å². The summed E-state index contributed by atoms with van der Waals surface area (Å²) in [6, 6.07) is 10.5. The number of nitrogens with zero attached hydrogens (tertiary/aromatic N) is 3. The molecule has 14 nitrogen and oxygen atoms in total. The molecule has 0 unspecified atom stereocenters. The molecule has 0 radical (unpaired) electrons. The van der Waals surface area contributed by atoms with E-state index in [0.29, 0.717) is 67.9 Å². The topological polar surface area (TPSA) is 174 Å². The largest absolute Gasteiger partial charge is 0.633 e. The van der Waals surface area contributed by atoms with E-state index in [-0.39, 0.29) is 32.1 Å². The van der Waals surface area contributed by atoms with Gasteiger partial charge in [0.15, 0.2) is 6.10 Å². The highest BCUT2D eigenvalue weighted by Crippen LogP contribution is 2.68. The van der Waals surface area contributed by atoms with Crippen LogP contribution in [0.5, 0.6) is 5.75 Å². The van der Waals surface area contributed by atoms with E-state index in [1.807, 2.05) is 74.3 Å². The van der Waals surface area contributed by atoms with Crippen LogP contribution in [0.15, 0.2) is 48.6 Å². The summed E-state index contributed by atoms with van der Waals surface area (Å²) >= 11 is 0. The summed E-state index contributed by atoms with van der Waals surface area (Å²) in [5.41, 5.74) is -2.80. The second-order valence-electron chi connectivity index (χ2n) is 18.6. The lowest BCUT2D eigenvalue weighted by Crippen LogP contribution is -2.81. The fourth-order valence-electron chi connectivity index (χ4n) is 13.8. The van der Waals surface area contributed by atoms with Crippen molar-refractivity contribution in [2.24, 2.45) is 11.3 Å². The second-order valence-corrected chi connectivity index (χ2v) is 18.6. The van der Waals surface area contributed by atoms with Crippen LogP contribution in [0.25, 0.3) is 10.9 Å². The van der Waals surface area contributed by atoms with Gasteiger partial charge in [-0.25, -0.2) is 4.79 Å². The number of aromatic nitrogens is 1. The van der Waals surface area contributed by atoms with Crippen LogP contribution in [-0.4, -0.2) is 133 Å². The van der Waals surface area contributed by atoms with Crippen molar-refractivity contribution in [1.82, 2.24) is 9.88 Å². The standard InChI is InChI=1S/C46H58N4O10/c1-8-42(54)23-28-24-45(40(52)58-6,36-30(15-20-50(56,25-28)26-42)29-13-10-11-14-33(29)47-36)32-21-31-34(22-35(32)57-5)48(4)38-44(31)17-19-49-18-12-16-43(9-2,37(44)49)39(60-27(3)51)46(38,55)41(53)59-7/h10-14,16,21-22,28,37-39,47,54-55H,8-9,15,17-20,23-26H2,1-7H3/t28-,37+,38-,39-,42+,43-,44-,45+,46+,50+/m1/s1. The zero-order valence-corrected chi connectivity index (χ0v) is 35.7. The van der Waals surface area contributed by atoms with Crippen molar-refractivity contribution >= 4 is 34.5 Å². The van der Waals surface area contributed by atoms with Gasteiger partial charge in [-0.2, -0.15) is 0 Å². The van der Waals surface area contributed by atoms with Crippen LogP contribution in [0.1, 0.15) is 75.3 Å². The number of fused-ring (bicyclic) bond motifs is 6. The van der Waals surface area contributed by atoms with E-state index in [4.69, 9.17) is 18.9 Å². The molecular weight excluding hydrogens is 769 g/mol. The number of hydrogen-bond donors (Lipinski definition) is 3. The molecule has 2 aromatic carbocycles. The number of quaternary nitrogens is 1. The van der Waals surface area contributed by atoms with Crippen LogP contribution >= 0.6 is 0 Å². The normalized spacial score (nSPS) is 37.8. The number of carbonyl (C=O) groups excluding carboxylic acids is 3. The molecule has 1 aromatic heterocycles. The first-order chi connectivity index (χ1) is 28.6. The van der Waals surface area contributed by atoms with Crippen LogP contribution in [0, 0.1) is 16.5 Å². The van der Waals surface area contributed by atoms with Gasteiger partial charge in [-0.3, -0.25) is 14.5 Å². The van der Waals surface area contributed by atoms with Gasteiger partial charge < -0.3 is 48.9 Å². The van der Waals surface area contributed by atoms with Crippen LogP contribution in [-0.2, 0) is 45.8 Å². The van der Waals surface area contributed by atoms with E-state index in [0.717, 1.165) is 22.0 Å². The Balaban J connectivity index is 1.37. The van der Waals surface area contributed by atoms with Crippen LogP contribution < -0.4 is 9.64 Å². The quantitative estimate of drug-likeness (QED) is 0.103. The molecule has 10 atom stereocenters. The highest BCUT2D eigenvalue weighted by atomic mass is 16.6. The molecule has 3 aromatic rings. The van der Waals surface area contributed by atoms with Crippen molar-refractivity contribution < 1.29 is 48.2 Å². The molecule has 5 aliphatic heterocycles.